The zero-order valence-electron chi connectivity index (χ0n) is 31.2. The number of hydrogen-bond donors (Lipinski definition) is 0. The van der Waals surface area contributed by atoms with Gasteiger partial charge in [0.05, 0.1) is 19.8 Å². The van der Waals surface area contributed by atoms with E-state index in [1.54, 1.807) is 14.2 Å². The van der Waals surface area contributed by atoms with Crippen molar-refractivity contribution < 1.29 is 19.1 Å². The third-order valence-corrected chi connectivity index (χ3v) is 12.9. The first-order valence-corrected chi connectivity index (χ1v) is 21.1. The molecule has 8 nitrogen and oxygen atoms in total. The molecular weight excluding hydrogens is 689 g/mol. The number of methoxy groups -OCH3 is 2. The van der Waals surface area contributed by atoms with Crippen LogP contribution in [-0.4, -0.2) is 71.0 Å². The van der Waals surface area contributed by atoms with E-state index >= 15 is 0 Å². The van der Waals surface area contributed by atoms with Crippen LogP contribution < -0.4 is 9.47 Å². The molecule has 4 aromatic rings. The minimum absolute atomic E-state index is 0.106. The topological polar surface area (TPSA) is 84.9 Å². The average molecular weight is 743 g/mol. The van der Waals surface area contributed by atoms with E-state index in [9.17, 15) is 9.59 Å². The first kappa shape index (κ1) is 38.0. The minimum Gasteiger partial charge on any atom is -0.497 e. The van der Waals surface area contributed by atoms with Crippen LogP contribution in [0.5, 0.6) is 11.5 Å². The Kier molecular flexibility index (Phi) is 13.4. The molecule has 2 amide bonds. The molecule has 2 aromatic heterocycles. The number of amides is 2. The second kappa shape index (κ2) is 18.3. The van der Waals surface area contributed by atoms with Crippen molar-refractivity contribution in [1.29, 1.82) is 0 Å². The van der Waals surface area contributed by atoms with E-state index in [4.69, 9.17) is 9.47 Å². The second-order valence-electron chi connectivity index (χ2n) is 14.0. The number of aromatic nitrogens is 2. The largest absolute Gasteiger partial charge is 0.497 e. The first-order valence-electron chi connectivity index (χ1n) is 19.3. The highest BCUT2D eigenvalue weighted by Crippen LogP contribution is 2.38. The van der Waals surface area contributed by atoms with E-state index in [0.29, 0.717) is 35.3 Å². The summed E-state index contributed by atoms with van der Waals surface area (Å²) < 4.78 is 10.7. The number of ether oxygens (including phenoxy) is 2. The normalized spacial score (nSPS) is 22.4. The highest BCUT2D eigenvalue weighted by molar-refractivity contribution is 7.13. The van der Waals surface area contributed by atoms with Crippen molar-refractivity contribution in [2.75, 3.05) is 27.3 Å². The van der Waals surface area contributed by atoms with Gasteiger partial charge in [0.25, 0.3) is 11.8 Å². The summed E-state index contributed by atoms with van der Waals surface area (Å²) in [6.45, 7) is 5.76. The zero-order valence-corrected chi connectivity index (χ0v) is 32.9. The molecule has 4 heterocycles. The van der Waals surface area contributed by atoms with E-state index in [-0.39, 0.29) is 11.8 Å². The Bertz CT molecular complexity index is 1770. The average Bonchev–Trinajstić information content (AvgIpc) is 3.93. The maximum Gasteiger partial charge on any atom is 0.273 e. The lowest BCUT2D eigenvalue weighted by Gasteiger charge is -2.43. The van der Waals surface area contributed by atoms with E-state index < -0.39 is 0 Å². The Morgan fingerprint density at radius 1 is 0.654 bits per heavy atom. The third-order valence-electron chi connectivity index (χ3n) is 11.1. The Labute approximate surface area is 317 Å². The van der Waals surface area contributed by atoms with Gasteiger partial charge >= 0.3 is 0 Å². The lowest BCUT2D eigenvalue weighted by atomic mass is 9.78. The standard InChI is InChI=1S/2C20H24N2O2S.C2H6/c1-24-18-11-5-3-9-15(18)19-21-16(13-25-19)20(23)22-12-6-8-14-7-2-4-10-17(14)22;1-24-16-9-4-7-15(12-16)19-21-17(13-25-19)20(23)22-11-5-8-14-6-2-3-10-18(14)22;1-2/h3,5,9,11,13-14,17H,2,4,6-8,10,12H2,1H3;4,7,9,12-14,18H,2-3,5-6,8,10-11H2,1H3;1-2H3. The predicted molar refractivity (Wildman–Crippen MR) is 212 cm³/mol. The molecule has 4 fully saturated rings. The summed E-state index contributed by atoms with van der Waals surface area (Å²) >= 11 is 3.04. The fourth-order valence-electron chi connectivity index (χ4n) is 8.63. The molecule has 4 aliphatic rings. The van der Waals surface area contributed by atoms with Crippen LogP contribution in [0.25, 0.3) is 21.1 Å². The van der Waals surface area contributed by atoms with Crippen molar-refractivity contribution in [2.24, 2.45) is 11.8 Å². The molecule has 278 valence electrons. The summed E-state index contributed by atoms with van der Waals surface area (Å²) in [6.07, 6.45) is 14.8. The highest BCUT2D eigenvalue weighted by atomic mass is 32.1. The number of rotatable bonds is 6. The van der Waals surface area contributed by atoms with Crippen molar-refractivity contribution in [3.63, 3.8) is 0 Å². The van der Waals surface area contributed by atoms with Crippen LogP contribution in [0.4, 0.5) is 0 Å². The van der Waals surface area contributed by atoms with Gasteiger partial charge in [-0.15, -0.1) is 22.7 Å². The molecule has 0 bridgehead atoms. The molecule has 4 atom stereocenters. The Morgan fingerprint density at radius 2 is 1.19 bits per heavy atom. The van der Waals surface area contributed by atoms with Gasteiger partial charge in [0.2, 0.25) is 0 Å². The van der Waals surface area contributed by atoms with Crippen molar-refractivity contribution in [2.45, 2.75) is 103 Å². The van der Waals surface area contributed by atoms with Gasteiger partial charge in [-0.1, -0.05) is 63.8 Å². The molecule has 52 heavy (non-hydrogen) atoms. The van der Waals surface area contributed by atoms with Gasteiger partial charge in [-0.2, -0.15) is 0 Å². The molecule has 10 heteroatoms. The summed E-state index contributed by atoms with van der Waals surface area (Å²) in [4.78, 5) is 39.7. The molecule has 4 unspecified atom stereocenters. The van der Waals surface area contributed by atoms with Crippen LogP contribution in [0.2, 0.25) is 0 Å². The number of carbonyl (C=O) groups excluding carboxylic acids is 2. The second-order valence-corrected chi connectivity index (χ2v) is 15.7. The number of hydrogen-bond acceptors (Lipinski definition) is 8. The van der Waals surface area contributed by atoms with Gasteiger partial charge < -0.3 is 19.3 Å². The van der Waals surface area contributed by atoms with Crippen LogP contribution in [0.3, 0.4) is 0 Å². The number of fused-ring (bicyclic) bond motifs is 2. The SMILES string of the molecule is CC.COc1cccc(-c2nc(C(=O)N3CCCC4CCCCC43)cs2)c1.COc1ccccc1-c1nc(C(=O)N2CCCC3CCCCC32)cs1. The van der Waals surface area contributed by atoms with Gasteiger partial charge in [0.15, 0.2) is 0 Å². The van der Waals surface area contributed by atoms with Crippen LogP contribution in [-0.2, 0) is 0 Å². The van der Waals surface area contributed by atoms with Gasteiger partial charge in [-0.25, -0.2) is 9.97 Å². The Hall–Kier alpha value is -3.76. The van der Waals surface area contributed by atoms with Gasteiger partial charge in [-0.05, 0) is 87.5 Å². The molecule has 2 aromatic carbocycles. The minimum atomic E-state index is 0.106. The molecule has 0 radical (unpaired) electrons. The summed E-state index contributed by atoms with van der Waals surface area (Å²) in [6, 6.07) is 16.5. The van der Waals surface area contributed by atoms with Crippen LogP contribution in [0.1, 0.15) is 112 Å². The number of likely N-dealkylation sites (tertiary alicyclic amines) is 2. The Morgan fingerprint density at radius 3 is 1.79 bits per heavy atom. The van der Waals surface area contributed by atoms with Crippen LogP contribution >= 0.6 is 22.7 Å². The van der Waals surface area contributed by atoms with Crippen molar-refractivity contribution >= 4 is 34.5 Å². The Balaban J connectivity index is 0.000000171. The summed E-state index contributed by atoms with van der Waals surface area (Å²) in [5.74, 6) is 3.21. The molecule has 2 saturated heterocycles. The molecule has 8 rings (SSSR count). The summed E-state index contributed by atoms with van der Waals surface area (Å²) in [7, 11) is 3.32. The van der Waals surface area contributed by atoms with E-state index in [1.165, 1.54) is 74.0 Å². The lowest BCUT2D eigenvalue weighted by Crippen LogP contribution is -2.49. The van der Waals surface area contributed by atoms with Gasteiger partial charge in [0.1, 0.15) is 32.9 Å². The summed E-state index contributed by atoms with van der Waals surface area (Å²) in [5, 5.41) is 5.53. The highest BCUT2D eigenvalue weighted by Gasteiger charge is 2.38. The van der Waals surface area contributed by atoms with E-state index in [2.05, 4.69) is 19.8 Å². The molecule has 2 aliphatic heterocycles. The number of nitrogens with zero attached hydrogens (tertiary/aromatic N) is 4. The molecule has 2 saturated carbocycles. The quantitative estimate of drug-likeness (QED) is 0.196. The molecule has 0 spiro atoms. The van der Waals surface area contributed by atoms with Crippen molar-refractivity contribution in [1.82, 2.24) is 19.8 Å². The maximum atomic E-state index is 13.1. The maximum absolute atomic E-state index is 13.1. The molecule has 0 N–H and O–H groups in total. The third kappa shape index (κ3) is 8.54. The smallest absolute Gasteiger partial charge is 0.273 e. The number of carbonyl (C=O) groups is 2. The van der Waals surface area contributed by atoms with Gasteiger partial charge in [-0.3, -0.25) is 9.59 Å². The van der Waals surface area contributed by atoms with Crippen molar-refractivity contribution in [3.8, 4) is 32.6 Å². The lowest BCUT2D eigenvalue weighted by molar-refractivity contribution is 0.0381. The molecule has 2 aliphatic carbocycles. The van der Waals surface area contributed by atoms with E-state index in [0.717, 1.165) is 71.4 Å². The molecular formula is C42H54N4O4S2. The van der Waals surface area contributed by atoms with E-state index in [1.807, 2.05) is 73.1 Å². The fourth-order valence-corrected chi connectivity index (χ4v) is 10.2. The zero-order chi connectivity index (χ0) is 36.5. The predicted octanol–water partition coefficient (Wildman–Crippen LogP) is 10.3. The summed E-state index contributed by atoms with van der Waals surface area (Å²) in [5.41, 5.74) is 3.12. The van der Waals surface area contributed by atoms with Gasteiger partial charge in [0, 0.05) is 41.5 Å². The number of para-hydroxylation sites is 1. The fraction of sp³-hybridized carbons (Fsp3) is 0.524. The number of benzene rings is 2. The number of piperidine rings is 2. The first-order chi connectivity index (χ1) is 25.5. The number of thiazole rings is 2. The van der Waals surface area contributed by atoms with Crippen LogP contribution in [0.15, 0.2) is 59.3 Å². The van der Waals surface area contributed by atoms with Crippen molar-refractivity contribution in [3.05, 3.63) is 70.7 Å². The van der Waals surface area contributed by atoms with Crippen LogP contribution in [0, 0.1) is 11.8 Å². The monoisotopic (exact) mass is 742 g/mol.